The molecule has 1 atom stereocenters. The van der Waals surface area contributed by atoms with Crippen molar-refractivity contribution in [1.82, 2.24) is 5.32 Å². The maximum Gasteiger partial charge on any atom is 0.251 e. The zero-order valence-corrected chi connectivity index (χ0v) is 7.66. The Kier molecular flexibility index (Phi) is 3.46. The van der Waals surface area contributed by atoms with Crippen LogP contribution in [0.3, 0.4) is 0 Å². The average molecular weight is 178 g/mol. The number of nitrogens with two attached hydrogens (primary N) is 1. The number of nitrogens with one attached hydrogen (secondary N) is 1. The molecule has 1 rings (SSSR count). The molecule has 0 saturated heterocycles. The van der Waals surface area contributed by atoms with Crippen LogP contribution < -0.4 is 11.1 Å². The van der Waals surface area contributed by atoms with E-state index in [0.717, 1.165) is 0 Å². The van der Waals surface area contributed by atoms with E-state index in [2.05, 4.69) is 5.32 Å². The summed E-state index contributed by atoms with van der Waals surface area (Å²) in [5.41, 5.74) is 6.17. The van der Waals surface area contributed by atoms with E-state index in [-0.39, 0.29) is 11.9 Å². The maximum atomic E-state index is 11.4. The van der Waals surface area contributed by atoms with E-state index in [1.54, 1.807) is 12.1 Å². The lowest BCUT2D eigenvalue weighted by atomic mass is 10.2. The van der Waals surface area contributed by atoms with Crippen LogP contribution in [-0.2, 0) is 0 Å². The third kappa shape index (κ3) is 3.25. The Morgan fingerprint density at radius 1 is 1.46 bits per heavy atom. The van der Waals surface area contributed by atoms with Gasteiger partial charge in [0.1, 0.15) is 0 Å². The highest BCUT2D eigenvalue weighted by molar-refractivity contribution is 5.94. The number of carbonyl (C=O) groups excluding carboxylic acids is 1. The predicted octanol–water partition coefficient (Wildman–Crippen LogP) is 0.764. The number of rotatable bonds is 3. The molecule has 0 aliphatic rings. The number of hydrogen-bond acceptors (Lipinski definition) is 2. The molecule has 13 heavy (non-hydrogen) atoms. The minimum Gasteiger partial charge on any atom is -0.350 e. The van der Waals surface area contributed by atoms with Gasteiger partial charge in [-0.25, -0.2) is 0 Å². The summed E-state index contributed by atoms with van der Waals surface area (Å²) in [6.07, 6.45) is 0. The lowest BCUT2D eigenvalue weighted by Crippen LogP contribution is -2.35. The van der Waals surface area contributed by atoms with Crippen LogP contribution in [0.15, 0.2) is 30.3 Å². The molecule has 0 aromatic heterocycles. The van der Waals surface area contributed by atoms with Gasteiger partial charge in [-0.3, -0.25) is 4.79 Å². The third-order valence-electron chi connectivity index (χ3n) is 1.62. The third-order valence-corrected chi connectivity index (χ3v) is 1.62. The van der Waals surface area contributed by atoms with Crippen LogP contribution in [-0.4, -0.2) is 18.5 Å². The number of carbonyl (C=O) groups is 1. The highest BCUT2D eigenvalue weighted by Gasteiger charge is 2.03. The van der Waals surface area contributed by atoms with Gasteiger partial charge in [-0.15, -0.1) is 0 Å². The summed E-state index contributed by atoms with van der Waals surface area (Å²) in [5.74, 6) is -0.0714. The Labute approximate surface area is 77.9 Å². The molecule has 0 saturated carbocycles. The van der Waals surface area contributed by atoms with Crippen LogP contribution in [0, 0.1) is 0 Å². The zero-order chi connectivity index (χ0) is 9.68. The largest absolute Gasteiger partial charge is 0.350 e. The Bertz CT molecular complexity index is 270. The average Bonchev–Trinajstić information content (AvgIpc) is 2.15. The van der Waals surface area contributed by atoms with Gasteiger partial charge in [0.15, 0.2) is 0 Å². The molecule has 1 aromatic carbocycles. The molecule has 0 bridgehead atoms. The summed E-state index contributed by atoms with van der Waals surface area (Å²) >= 11 is 0. The van der Waals surface area contributed by atoms with Crippen LogP contribution in [0.4, 0.5) is 0 Å². The Morgan fingerprint density at radius 3 is 2.62 bits per heavy atom. The molecule has 3 nitrogen and oxygen atoms in total. The Hall–Kier alpha value is -1.35. The van der Waals surface area contributed by atoms with Gasteiger partial charge in [0, 0.05) is 18.2 Å². The molecule has 1 aromatic rings. The molecule has 0 fully saturated rings. The molecule has 0 heterocycles. The first-order valence-electron chi connectivity index (χ1n) is 4.29. The molecular weight excluding hydrogens is 164 g/mol. The van der Waals surface area contributed by atoms with E-state index >= 15 is 0 Å². The normalized spacial score (nSPS) is 12.2. The van der Waals surface area contributed by atoms with Crippen LogP contribution in [0.2, 0.25) is 0 Å². The van der Waals surface area contributed by atoms with Gasteiger partial charge >= 0.3 is 0 Å². The second kappa shape index (κ2) is 4.62. The number of hydrogen-bond donors (Lipinski definition) is 2. The van der Waals surface area contributed by atoms with Gasteiger partial charge < -0.3 is 11.1 Å². The standard InChI is InChI=1S/C10H14N2O/c1-8(11)7-12-10(13)9-5-3-2-4-6-9/h2-6,8H,7,11H2,1H3,(H,12,13)/t8-/m0/s1. The summed E-state index contributed by atoms with van der Waals surface area (Å²) in [7, 11) is 0. The first kappa shape index (κ1) is 9.74. The van der Waals surface area contributed by atoms with E-state index < -0.39 is 0 Å². The topological polar surface area (TPSA) is 55.1 Å². The summed E-state index contributed by atoms with van der Waals surface area (Å²) < 4.78 is 0. The van der Waals surface area contributed by atoms with Crippen LogP contribution in [0.25, 0.3) is 0 Å². The minimum absolute atomic E-state index is 0.00679. The van der Waals surface area contributed by atoms with Gasteiger partial charge in [-0.1, -0.05) is 18.2 Å². The molecule has 0 radical (unpaired) electrons. The van der Waals surface area contributed by atoms with E-state index in [9.17, 15) is 4.79 Å². The fourth-order valence-corrected chi connectivity index (χ4v) is 0.945. The molecule has 70 valence electrons. The van der Waals surface area contributed by atoms with Crippen molar-refractivity contribution < 1.29 is 4.79 Å². The molecule has 0 spiro atoms. The van der Waals surface area contributed by atoms with Crippen molar-refractivity contribution in [3.8, 4) is 0 Å². The molecule has 3 heteroatoms. The number of amides is 1. The van der Waals surface area contributed by atoms with Crippen molar-refractivity contribution in [2.75, 3.05) is 6.54 Å². The van der Waals surface area contributed by atoms with Crippen LogP contribution in [0.1, 0.15) is 17.3 Å². The lowest BCUT2D eigenvalue weighted by molar-refractivity contribution is 0.0951. The van der Waals surface area contributed by atoms with Crippen molar-refractivity contribution in [3.05, 3.63) is 35.9 Å². The van der Waals surface area contributed by atoms with Crippen molar-refractivity contribution in [1.29, 1.82) is 0 Å². The monoisotopic (exact) mass is 178 g/mol. The van der Waals surface area contributed by atoms with Crippen LogP contribution >= 0.6 is 0 Å². The van der Waals surface area contributed by atoms with E-state index in [1.165, 1.54) is 0 Å². The maximum absolute atomic E-state index is 11.4. The first-order valence-corrected chi connectivity index (χ1v) is 4.29. The van der Waals surface area contributed by atoms with Crippen molar-refractivity contribution >= 4 is 5.91 Å². The SMILES string of the molecule is C[C@H](N)CNC(=O)c1ccccc1. The molecule has 0 aliphatic carbocycles. The molecule has 0 unspecified atom stereocenters. The predicted molar refractivity (Wildman–Crippen MR) is 52.4 cm³/mol. The second-order valence-electron chi connectivity index (χ2n) is 3.05. The molecule has 1 amide bonds. The zero-order valence-electron chi connectivity index (χ0n) is 7.66. The first-order chi connectivity index (χ1) is 6.20. The quantitative estimate of drug-likeness (QED) is 0.718. The van der Waals surface area contributed by atoms with Crippen molar-refractivity contribution in [3.63, 3.8) is 0 Å². The van der Waals surface area contributed by atoms with Gasteiger partial charge in [0.25, 0.3) is 5.91 Å². The second-order valence-corrected chi connectivity index (χ2v) is 3.05. The fourth-order valence-electron chi connectivity index (χ4n) is 0.945. The van der Waals surface area contributed by atoms with Gasteiger partial charge in [-0.05, 0) is 19.1 Å². The summed E-state index contributed by atoms with van der Waals surface area (Å²) in [5, 5.41) is 2.73. The summed E-state index contributed by atoms with van der Waals surface area (Å²) in [6.45, 7) is 2.36. The Morgan fingerprint density at radius 2 is 2.08 bits per heavy atom. The fraction of sp³-hybridized carbons (Fsp3) is 0.300. The highest BCUT2D eigenvalue weighted by Crippen LogP contribution is 1.97. The van der Waals surface area contributed by atoms with Gasteiger partial charge in [-0.2, -0.15) is 0 Å². The molecule has 3 N–H and O–H groups in total. The van der Waals surface area contributed by atoms with E-state index in [0.29, 0.717) is 12.1 Å². The molecule has 0 aliphatic heterocycles. The highest BCUT2D eigenvalue weighted by atomic mass is 16.1. The van der Waals surface area contributed by atoms with Gasteiger partial charge in [0.05, 0.1) is 0 Å². The van der Waals surface area contributed by atoms with E-state index in [4.69, 9.17) is 5.73 Å². The lowest BCUT2D eigenvalue weighted by Gasteiger charge is -2.06. The molecular formula is C10H14N2O. The van der Waals surface area contributed by atoms with Crippen LogP contribution in [0.5, 0.6) is 0 Å². The minimum atomic E-state index is -0.0714. The Balaban J connectivity index is 2.50. The number of benzene rings is 1. The summed E-state index contributed by atoms with van der Waals surface area (Å²) in [6, 6.07) is 9.09. The van der Waals surface area contributed by atoms with Crippen molar-refractivity contribution in [2.45, 2.75) is 13.0 Å². The van der Waals surface area contributed by atoms with Crippen molar-refractivity contribution in [2.24, 2.45) is 5.73 Å². The smallest absolute Gasteiger partial charge is 0.251 e. The van der Waals surface area contributed by atoms with E-state index in [1.807, 2.05) is 25.1 Å². The van der Waals surface area contributed by atoms with Gasteiger partial charge in [0.2, 0.25) is 0 Å². The summed E-state index contributed by atoms with van der Waals surface area (Å²) in [4.78, 5) is 11.4.